The molecule has 0 saturated carbocycles. The summed E-state index contributed by atoms with van der Waals surface area (Å²) in [5.74, 6) is 0. The predicted molar refractivity (Wildman–Crippen MR) is 60.4 cm³/mol. The van der Waals surface area contributed by atoms with Gasteiger partial charge in [-0.25, -0.2) is 18.4 Å². The summed E-state index contributed by atoms with van der Waals surface area (Å²) < 4.78 is 32.4. The molecule has 1 aromatic carbocycles. The van der Waals surface area contributed by atoms with Crippen LogP contribution in [-0.2, 0) is 10.1 Å². The molecule has 0 spiro atoms. The summed E-state index contributed by atoms with van der Waals surface area (Å²) in [6.45, 7) is 0. The first-order chi connectivity index (χ1) is 7.97. The highest BCUT2D eigenvalue weighted by atomic mass is 35.5. The van der Waals surface area contributed by atoms with Crippen LogP contribution >= 0.6 is 11.6 Å². The number of hydrogen-bond donors (Lipinski definition) is 0. The number of halogens is 1. The first kappa shape index (κ1) is 12.0. The van der Waals surface area contributed by atoms with Gasteiger partial charge in [-0.15, -0.1) is 0 Å². The van der Waals surface area contributed by atoms with Gasteiger partial charge in [-0.2, -0.15) is 0 Å². The molecule has 0 unspecified atom stereocenters. The minimum atomic E-state index is -4.58. The summed E-state index contributed by atoms with van der Waals surface area (Å²) in [6, 6.07) is 7.82. The maximum Gasteiger partial charge on any atom is 0.146 e. The molecule has 0 atom stereocenters. The van der Waals surface area contributed by atoms with Crippen molar-refractivity contribution in [2.45, 2.75) is 5.03 Å². The molecule has 0 fully saturated rings. The van der Waals surface area contributed by atoms with E-state index in [4.69, 9.17) is 11.6 Å². The van der Waals surface area contributed by atoms with E-state index in [2.05, 4.69) is 9.97 Å². The summed E-state index contributed by atoms with van der Waals surface area (Å²) in [4.78, 5) is 7.31. The van der Waals surface area contributed by atoms with Crippen molar-refractivity contribution in [2.24, 2.45) is 0 Å². The lowest BCUT2D eigenvalue weighted by Gasteiger charge is -2.07. The zero-order valence-corrected chi connectivity index (χ0v) is 9.94. The molecular formula is C10H6ClN2O3S-. The number of nitrogens with zero attached hydrogens (tertiary/aromatic N) is 2. The van der Waals surface area contributed by atoms with E-state index in [0.717, 1.165) is 12.4 Å². The molecule has 2 aromatic rings. The predicted octanol–water partition coefficient (Wildman–Crippen LogP) is 1.70. The van der Waals surface area contributed by atoms with E-state index in [9.17, 15) is 13.0 Å². The highest BCUT2D eigenvalue weighted by Crippen LogP contribution is 2.21. The highest BCUT2D eigenvalue weighted by Gasteiger charge is 2.06. The summed E-state index contributed by atoms with van der Waals surface area (Å²) in [6.07, 6.45) is 1.03. The minimum Gasteiger partial charge on any atom is -0.743 e. The molecule has 1 aromatic heterocycles. The van der Waals surface area contributed by atoms with Gasteiger partial charge in [-0.3, -0.25) is 0 Å². The van der Waals surface area contributed by atoms with Gasteiger partial charge >= 0.3 is 0 Å². The Morgan fingerprint density at radius 3 is 2.59 bits per heavy atom. The Hall–Kier alpha value is -1.50. The Morgan fingerprint density at radius 1 is 1.18 bits per heavy atom. The van der Waals surface area contributed by atoms with Crippen LogP contribution in [0.3, 0.4) is 0 Å². The molecule has 0 aliphatic carbocycles. The largest absolute Gasteiger partial charge is 0.743 e. The molecule has 0 bridgehead atoms. The topological polar surface area (TPSA) is 83.0 Å². The molecule has 0 aliphatic rings. The lowest BCUT2D eigenvalue weighted by Crippen LogP contribution is -2.02. The average Bonchev–Trinajstić information content (AvgIpc) is 2.28. The van der Waals surface area contributed by atoms with Crippen LogP contribution in [0.4, 0.5) is 0 Å². The number of benzene rings is 1. The van der Waals surface area contributed by atoms with Crippen molar-refractivity contribution in [3.8, 4) is 11.3 Å². The van der Waals surface area contributed by atoms with Crippen LogP contribution in [0.5, 0.6) is 0 Å². The van der Waals surface area contributed by atoms with E-state index in [-0.39, 0.29) is 0 Å². The maximum absolute atomic E-state index is 10.8. The van der Waals surface area contributed by atoms with Crippen molar-refractivity contribution in [1.29, 1.82) is 0 Å². The Balaban J connectivity index is 2.54. The van der Waals surface area contributed by atoms with Gasteiger partial charge in [0, 0.05) is 16.7 Å². The van der Waals surface area contributed by atoms with Crippen molar-refractivity contribution in [2.75, 3.05) is 0 Å². The van der Waals surface area contributed by atoms with E-state index in [0.29, 0.717) is 16.3 Å². The number of hydrogen-bond acceptors (Lipinski definition) is 5. The normalized spacial score (nSPS) is 11.4. The van der Waals surface area contributed by atoms with Gasteiger partial charge in [0.1, 0.15) is 21.5 Å². The average molecular weight is 270 g/mol. The maximum atomic E-state index is 10.8. The molecule has 7 heteroatoms. The van der Waals surface area contributed by atoms with Gasteiger partial charge in [0.15, 0.2) is 0 Å². The van der Waals surface area contributed by atoms with E-state index >= 15 is 0 Å². The summed E-state index contributed by atoms with van der Waals surface area (Å²) >= 11 is 5.80. The van der Waals surface area contributed by atoms with Crippen molar-refractivity contribution in [1.82, 2.24) is 9.97 Å². The van der Waals surface area contributed by atoms with Gasteiger partial charge < -0.3 is 4.55 Å². The van der Waals surface area contributed by atoms with Crippen LogP contribution in [-0.4, -0.2) is 22.9 Å². The molecule has 5 nitrogen and oxygen atoms in total. The molecule has 2 rings (SSSR count). The minimum absolute atomic E-state index is 0.330. The molecule has 0 amide bonds. The lowest BCUT2D eigenvalue weighted by molar-refractivity contribution is 0.459. The smallest absolute Gasteiger partial charge is 0.146 e. The third-order valence-corrected chi connectivity index (χ3v) is 2.99. The monoisotopic (exact) mass is 269 g/mol. The summed E-state index contributed by atoms with van der Waals surface area (Å²) in [5.41, 5.74) is 0.946. The first-order valence-corrected chi connectivity index (χ1v) is 6.29. The molecular weight excluding hydrogens is 264 g/mol. The quantitative estimate of drug-likeness (QED) is 0.612. The fraction of sp³-hybridized carbons (Fsp3) is 0. The van der Waals surface area contributed by atoms with E-state index < -0.39 is 15.1 Å². The Labute approximate surface area is 103 Å². The Kier molecular flexibility index (Phi) is 3.10. The third kappa shape index (κ3) is 2.79. The van der Waals surface area contributed by atoms with Crippen LogP contribution in [0.1, 0.15) is 0 Å². The van der Waals surface area contributed by atoms with Gasteiger partial charge in [0.05, 0.1) is 5.69 Å². The lowest BCUT2D eigenvalue weighted by atomic mass is 10.1. The molecule has 0 saturated heterocycles. The summed E-state index contributed by atoms with van der Waals surface area (Å²) in [7, 11) is -4.58. The SMILES string of the molecule is O=S(=O)([O-])c1cc(-c2cccc(Cl)c2)ncn1. The van der Waals surface area contributed by atoms with E-state index in [1.54, 1.807) is 24.3 Å². The Bertz CT molecular complexity index is 658. The highest BCUT2D eigenvalue weighted by molar-refractivity contribution is 7.85. The van der Waals surface area contributed by atoms with Crippen molar-refractivity contribution in [3.63, 3.8) is 0 Å². The Morgan fingerprint density at radius 2 is 1.94 bits per heavy atom. The number of rotatable bonds is 2. The van der Waals surface area contributed by atoms with Gasteiger partial charge in [-0.1, -0.05) is 23.7 Å². The van der Waals surface area contributed by atoms with E-state index in [1.807, 2.05) is 0 Å². The second kappa shape index (κ2) is 4.40. The van der Waals surface area contributed by atoms with Crippen LogP contribution in [0.15, 0.2) is 41.7 Å². The first-order valence-electron chi connectivity index (χ1n) is 4.51. The van der Waals surface area contributed by atoms with Crippen molar-refractivity contribution >= 4 is 21.7 Å². The molecule has 88 valence electrons. The fourth-order valence-electron chi connectivity index (χ4n) is 1.28. The standard InChI is InChI=1S/C10H7ClN2O3S/c11-8-3-1-2-7(4-8)9-5-10(13-6-12-9)17(14,15)16/h1-6H,(H,14,15,16)/p-1. The number of aromatic nitrogens is 2. The van der Waals surface area contributed by atoms with Crippen LogP contribution in [0.2, 0.25) is 5.02 Å². The second-order valence-corrected chi connectivity index (χ2v) is 4.97. The second-order valence-electron chi connectivity index (χ2n) is 3.21. The molecule has 0 radical (unpaired) electrons. The zero-order valence-electron chi connectivity index (χ0n) is 8.37. The molecule has 0 N–H and O–H groups in total. The van der Waals surface area contributed by atoms with Crippen molar-refractivity contribution in [3.05, 3.63) is 41.7 Å². The van der Waals surface area contributed by atoms with Gasteiger partial charge in [0.25, 0.3) is 0 Å². The molecule has 1 heterocycles. The van der Waals surface area contributed by atoms with Gasteiger partial charge in [-0.05, 0) is 12.1 Å². The van der Waals surface area contributed by atoms with Crippen LogP contribution in [0.25, 0.3) is 11.3 Å². The zero-order chi connectivity index (χ0) is 12.5. The molecule has 0 aliphatic heterocycles. The molecule has 17 heavy (non-hydrogen) atoms. The van der Waals surface area contributed by atoms with Gasteiger partial charge in [0.2, 0.25) is 0 Å². The third-order valence-electron chi connectivity index (χ3n) is 2.02. The van der Waals surface area contributed by atoms with E-state index in [1.165, 1.54) is 0 Å². The fourth-order valence-corrected chi connectivity index (χ4v) is 1.90. The van der Waals surface area contributed by atoms with Crippen molar-refractivity contribution < 1.29 is 13.0 Å². The van der Waals surface area contributed by atoms with Crippen LogP contribution < -0.4 is 0 Å². The van der Waals surface area contributed by atoms with Crippen LogP contribution in [0, 0.1) is 0 Å². The summed E-state index contributed by atoms with van der Waals surface area (Å²) in [5, 5.41) is -0.0601.